The van der Waals surface area contributed by atoms with E-state index in [1.807, 2.05) is 0 Å². The molecule has 0 saturated carbocycles. The van der Waals surface area contributed by atoms with Crippen LogP contribution in [0.25, 0.3) is 0 Å². The van der Waals surface area contributed by atoms with E-state index in [1.54, 1.807) is 0 Å². The summed E-state index contributed by atoms with van der Waals surface area (Å²) in [4.78, 5) is 20.4. The van der Waals surface area contributed by atoms with Gasteiger partial charge in [-0.2, -0.15) is 0 Å². The minimum Gasteiger partial charge on any atom is -1.00 e. The van der Waals surface area contributed by atoms with Crippen molar-refractivity contribution in [3.05, 3.63) is 0 Å². The number of hydrogen-bond donors (Lipinski definition) is 2. The average Bonchev–Trinajstić information content (AvgIpc) is 2.65. The van der Waals surface area contributed by atoms with Crippen molar-refractivity contribution in [3.63, 3.8) is 0 Å². The fraction of sp³-hybridized carbons (Fsp3) is 0.917. The second-order valence-electron chi connectivity index (χ2n) is 7.32. The summed E-state index contributed by atoms with van der Waals surface area (Å²) >= 11 is 5.83. The van der Waals surface area contributed by atoms with E-state index in [9.17, 15) is 9.59 Å². The van der Waals surface area contributed by atoms with Crippen LogP contribution in [0.15, 0.2) is 0 Å². The van der Waals surface area contributed by atoms with Crippen molar-refractivity contribution in [1.29, 1.82) is 0 Å². The molecule has 0 rings (SSSR count). The smallest absolute Gasteiger partial charge is 1.00 e. The Balaban J connectivity index is -0.0000000563. The maximum Gasteiger partial charge on any atom is 1.00 e. The van der Waals surface area contributed by atoms with E-state index in [0.29, 0.717) is 12.8 Å². The number of unbranched alkanes of at least 4 members (excludes halogenated alkanes) is 14. The Morgan fingerprint density at radius 3 is 1.03 bits per heavy atom. The van der Waals surface area contributed by atoms with Gasteiger partial charge >= 0.3 is 71.1 Å². The Kier molecular flexibility index (Phi) is 88.9. The van der Waals surface area contributed by atoms with Crippen LogP contribution in [0, 0.1) is 0 Å². The summed E-state index contributed by atoms with van der Waals surface area (Å²) in [5.74, 6) is -1.32. The van der Waals surface area contributed by atoms with Crippen molar-refractivity contribution in [2.45, 2.75) is 130 Å². The fourth-order valence-corrected chi connectivity index (χ4v) is 3.80. The van der Waals surface area contributed by atoms with Crippen LogP contribution in [-0.4, -0.2) is 31.9 Å². The minimum atomic E-state index is -0.665. The van der Waals surface area contributed by atoms with Crippen molar-refractivity contribution in [1.82, 2.24) is 0 Å². The van der Waals surface area contributed by atoms with Crippen molar-refractivity contribution >= 4 is 50.5 Å². The molecule has 4 nitrogen and oxygen atoms in total. The number of carbonyl (C=O) groups is 2. The quantitative estimate of drug-likeness (QED) is 0.0606. The number of halogens is 4. The van der Waals surface area contributed by atoms with Gasteiger partial charge < -0.3 is 51.2 Å². The molecular weight excluding hydrogens is 812 g/mol. The topological polar surface area (TPSA) is 74.6 Å². The van der Waals surface area contributed by atoms with Gasteiger partial charge in [0.1, 0.15) is 0 Å². The zero-order chi connectivity index (χ0) is 21.3. The molecule has 0 unspecified atom stereocenters. The Morgan fingerprint density at radius 1 is 0.559 bits per heavy atom. The van der Waals surface area contributed by atoms with Crippen LogP contribution in [0.4, 0.5) is 0 Å². The summed E-state index contributed by atoms with van der Waals surface area (Å²) < 4.78 is 1.27. The summed E-state index contributed by atoms with van der Waals surface area (Å²) in [6, 6.07) is 0. The maximum atomic E-state index is 10.2. The molecule has 10 heteroatoms. The SMILES string of the molecule is C.C.O=C(O)CCCCCCCCCCBr.O=C(O)CCCCCCCCCCI.[Br-].[I-].[Na+].[Na+]. The number of carboxylic acids is 2. The number of aliphatic carboxylic acids is 2. The predicted octanol–water partition coefficient (Wildman–Crippen LogP) is -2.72. The first kappa shape index (κ1) is 57.3. The van der Waals surface area contributed by atoms with Gasteiger partial charge in [-0.1, -0.05) is 130 Å². The van der Waals surface area contributed by atoms with E-state index in [-0.39, 0.29) is 115 Å². The third-order valence-corrected chi connectivity index (χ3v) is 5.87. The molecule has 0 heterocycles. The van der Waals surface area contributed by atoms with Gasteiger partial charge in [-0.3, -0.25) is 9.59 Å². The van der Waals surface area contributed by atoms with E-state index in [0.717, 1.165) is 31.0 Å². The molecule has 2 N–H and O–H groups in total. The molecule has 0 spiro atoms. The predicted molar refractivity (Wildman–Crippen MR) is 145 cm³/mol. The Morgan fingerprint density at radius 2 is 0.794 bits per heavy atom. The van der Waals surface area contributed by atoms with E-state index in [4.69, 9.17) is 10.2 Å². The van der Waals surface area contributed by atoms with E-state index >= 15 is 0 Å². The summed E-state index contributed by atoms with van der Waals surface area (Å²) in [7, 11) is 0. The molecule has 0 saturated heterocycles. The molecule has 200 valence electrons. The number of rotatable bonds is 20. The van der Waals surface area contributed by atoms with Crippen molar-refractivity contribution < 1.29 is 120 Å². The van der Waals surface area contributed by atoms with E-state index < -0.39 is 11.9 Å². The van der Waals surface area contributed by atoms with Crippen molar-refractivity contribution in [2.24, 2.45) is 0 Å². The third-order valence-electron chi connectivity index (χ3n) is 4.55. The second-order valence-corrected chi connectivity index (χ2v) is 9.19. The number of carboxylic acid groups (broad SMARTS) is 2. The van der Waals surface area contributed by atoms with Gasteiger partial charge in [0.25, 0.3) is 0 Å². The van der Waals surface area contributed by atoms with Gasteiger partial charge in [0.2, 0.25) is 0 Å². The largest absolute Gasteiger partial charge is 1.00 e. The van der Waals surface area contributed by atoms with Crippen LogP contribution in [0.3, 0.4) is 0 Å². The Bertz CT molecular complexity index is 329. The second kappa shape index (κ2) is 52.7. The number of alkyl halides is 2. The van der Waals surface area contributed by atoms with Gasteiger partial charge in [0.05, 0.1) is 0 Å². The Hall–Kier alpha value is 3.36. The monoisotopic (exact) mass is 860 g/mol. The molecule has 0 aliphatic carbocycles. The van der Waals surface area contributed by atoms with Crippen LogP contribution in [-0.2, 0) is 9.59 Å². The molecule has 0 fully saturated rings. The van der Waals surface area contributed by atoms with E-state index in [2.05, 4.69) is 38.5 Å². The van der Waals surface area contributed by atoms with Gasteiger partial charge in [-0.05, 0) is 30.1 Å². The zero-order valence-electron chi connectivity index (χ0n) is 20.4. The first-order valence-corrected chi connectivity index (χ1v) is 13.7. The molecule has 0 aliphatic rings. The minimum absolute atomic E-state index is 0. The first-order valence-electron chi connectivity index (χ1n) is 11.1. The first-order chi connectivity index (χ1) is 13.5. The summed E-state index contributed by atoms with van der Waals surface area (Å²) in [6.45, 7) is 0. The molecule has 0 amide bonds. The van der Waals surface area contributed by atoms with Gasteiger partial charge in [-0.25, -0.2) is 0 Å². The fourth-order valence-electron chi connectivity index (χ4n) is 2.86. The molecule has 0 aromatic heterocycles. The van der Waals surface area contributed by atoms with Crippen LogP contribution >= 0.6 is 38.5 Å². The molecule has 0 atom stereocenters. The summed E-state index contributed by atoms with van der Waals surface area (Å²) in [5.41, 5.74) is 0. The van der Waals surface area contributed by atoms with Crippen LogP contribution in [0.2, 0.25) is 0 Å². The van der Waals surface area contributed by atoms with Crippen LogP contribution in [0.1, 0.15) is 130 Å². The van der Waals surface area contributed by atoms with Crippen LogP contribution < -0.4 is 100 Å². The summed E-state index contributed by atoms with van der Waals surface area (Å²) in [6.07, 6.45) is 20.1. The van der Waals surface area contributed by atoms with Crippen LogP contribution in [0.5, 0.6) is 0 Å². The molecular formula is C24H50Br2I2Na2O4. The maximum absolute atomic E-state index is 10.2. The Labute approximate surface area is 306 Å². The molecule has 0 bridgehead atoms. The summed E-state index contributed by atoms with van der Waals surface area (Å²) in [5, 5.41) is 17.9. The van der Waals surface area contributed by atoms with Gasteiger partial charge in [-0.15, -0.1) is 0 Å². The van der Waals surface area contributed by atoms with Crippen molar-refractivity contribution in [2.75, 3.05) is 9.76 Å². The third kappa shape index (κ3) is 64.9. The molecule has 0 aromatic rings. The van der Waals surface area contributed by atoms with Gasteiger partial charge in [0.15, 0.2) is 0 Å². The average molecular weight is 862 g/mol. The normalized spacial score (nSPS) is 8.53. The van der Waals surface area contributed by atoms with Crippen molar-refractivity contribution in [3.8, 4) is 0 Å². The molecule has 0 radical (unpaired) electrons. The molecule has 34 heavy (non-hydrogen) atoms. The molecule has 0 aliphatic heterocycles. The molecule has 0 aromatic carbocycles. The van der Waals surface area contributed by atoms with Gasteiger partial charge in [0, 0.05) is 18.2 Å². The van der Waals surface area contributed by atoms with E-state index in [1.165, 1.54) is 81.5 Å². The zero-order valence-corrected chi connectivity index (χ0v) is 31.9. The standard InChI is InChI=1S/C11H21BrO2.C11H21IO2.2CH4.BrH.HI.2Na/c2*12-10-8-6-4-2-1-3-5-7-9-11(13)14;;;;;;/h2*1-10H2,(H,13,14);2*1H4;2*1H;;/q;;;;;;2*+1/p-2. The number of hydrogen-bond acceptors (Lipinski definition) is 2.